The first-order valence-corrected chi connectivity index (χ1v) is 10.9. The number of carbonyl (C=O) groups excluding carboxylic acids is 5. The van der Waals surface area contributed by atoms with Crippen LogP contribution in [-0.2, 0) is 24.0 Å². The zero-order valence-electron chi connectivity index (χ0n) is 19.6. The van der Waals surface area contributed by atoms with Crippen molar-refractivity contribution in [3.63, 3.8) is 0 Å². The number of hydrogen-bond donors (Lipinski definition) is 7. The molecular formula is C20H38N8O5. The molecular weight excluding hydrogens is 432 g/mol. The van der Waals surface area contributed by atoms with Gasteiger partial charge in [0.25, 0.3) is 0 Å². The van der Waals surface area contributed by atoms with E-state index >= 15 is 0 Å². The molecule has 0 aromatic carbocycles. The Morgan fingerprint density at radius 3 is 2.12 bits per heavy atom. The number of amides is 4. The Bertz CT molecular complexity index is 694. The van der Waals surface area contributed by atoms with Gasteiger partial charge in [0.05, 0.1) is 12.1 Å². The molecule has 0 spiro atoms. The molecule has 0 bridgehead atoms. The van der Waals surface area contributed by atoms with Crippen molar-refractivity contribution in [2.24, 2.45) is 22.2 Å². The average Bonchev–Trinajstić information content (AvgIpc) is 2.73. The van der Waals surface area contributed by atoms with Gasteiger partial charge in [0.2, 0.25) is 23.6 Å². The Morgan fingerprint density at radius 2 is 1.58 bits per heavy atom. The highest BCUT2D eigenvalue weighted by atomic mass is 16.2. The number of aldehydes is 1. The van der Waals surface area contributed by atoms with E-state index in [1.54, 1.807) is 0 Å². The third kappa shape index (κ3) is 14.5. The normalized spacial score (nSPS) is 14.1. The third-order valence-electron chi connectivity index (χ3n) is 4.55. The summed E-state index contributed by atoms with van der Waals surface area (Å²) in [5, 5.41) is 10.3. The first-order chi connectivity index (χ1) is 15.5. The summed E-state index contributed by atoms with van der Waals surface area (Å²) >= 11 is 0. The molecule has 4 amide bonds. The minimum absolute atomic E-state index is 0.0902. The number of nitrogens with zero attached hydrogens (tertiary/aromatic N) is 1. The molecule has 10 N–H and O–H groups in total. The second-order valence-corrected chi connectivity index (χ2v) is 7.76. The fraction of sp³-hybridized carbons (Fsp3) is 0.700. The molecule has 33 heavy (non-hydrogen) atoms. The Kier molecular flexibility index (Phi) is 14.8. The summed E-state index contributed by atoms with van der Waals surface area (Å²) in [7, 11) is 0. The summed E-state index contributed by atoms with van der Waals surface area (Å²) in [6.07, 6.45) is 2.85. The Labute approximate surface area is 194 Å². The molecule has 0 rings (SSSR count). The van der Waals surface area contributed by atoms with Gasteiger partial charge in [-0.15, -0.1) is 0 Å². The van der Waals surface area contributed by atoms with Crippen LogP contribution in [0.2, 0.25) is 0 Å². The standard InChI is InChI=1S/C20H38N8O5/c1-12(21)17(31)26-13(2)18(32)28-16(8-6-10-25-20(22)23)19(33)27-15(11-29)7-4-5-9-24-14(3)30/h11-13,15-16H,4-10,21H2,1-3H3,(H,24,30)(H,26,31)(H,27,33)(H,28,32)(H4,22,23,25)/t12-,13-,15-,16-/m0/s1. The molecule has 13 heteroatoms. The maximum atomic E-state index is 12.8. The highest BCUT2D eigenvalue weighted by Gasteiger charge is 2.26. The molecule has 0 aromatic heterocycles. The molecule has 0 aliphatic rings. The van der Waals surface area contributed by atoms with Crippen LogP contribution in [0.1, 0.15) is 52.9 Å². The number of aliphatic imine (C=N–C) groups is 1. The van der Waals surface area contributed by atoms with Gasteiger partial charge in [-0.05, 0) is 46.0 Å². The highest BCUT2D eigenvalue weighted by molar-refractivity contribution is 5.93. The number of unbranched alkanes of at least 4 members (excludes halogenated alkanes) is 1. The molecule has 13 nitrogen and oxygen atoms in total. The summed E-state index contributed by atoms with van der Waals surface area (Å²) in [5.74, 6) is -1.86. The van der Waals surface area contributed by atoms with Crippen LogP contribution in [0.4, 0.5) is 0 Å². The van der Waals surface area contributed by atoms with E-state index in [2.05, 4.69) is 26.3 Å². The number of hydrogen-bond acceptors (Lipinski definition) is 7. The molecule has 0 saturated carbocycles. The average molecular weight is 471 g/mol. The van der Waals surface area contributed by atoms with Crippen LogP contribution in [0.3, 0.4) is 0 Å². The molecule has 4 atom stereocenters. The van der Waals surface area contributed by atoms with Crippen molar-refractivity contribution in [3.8, 4) is 0 Å². The minimum Gasteiger partial charge on any atom is -0.370 e. The minimum atomic E-state index is -0.969. The predicted molar refractivity (Wildman–Crippen MR) is 124 cm³/mol. The lowest BCUT2D eigenvalue weighted by Crippen LogP contribution is -2.55. The van der Waals surface area contributed by atoms with E-state index in [9.17, 15) is 24.0 Å². The van der Waals surface area contributed by atoms with Crippen LogP contribution in [-0.4, -0.2) is 73.1 Å². The second-order valence-electron chi connectivity index (χ2n) is 7.76. The van der Waals surface area contributed by atoms with Crippen molar-refractivity contribution in [2.45, 2.75) is 77.0 Å². The summed E-state index contributed by atoms with van der Waals surface area (Å²) in [4.78, 5) is 63.1. The molecule has 0 unspecified atom stereocenters. The van der Waals surface area contributed by atoms with Crippen LogP contribution >= 0.6 is 0 Å². The van der Waals surface area contributed by atoms with E-state index in [4.69, 9.17) is 17.2 Å². The van der Waals surface area contributed by atoms with E-state index in [0.717, 1.165) is 0 Å². The summed E-state index contributed by atoms with van der Waals surface area (Å²) in [6, 6.07) is -3.43. The first kappa shape index (κ1) is 29.8. The van der Waals surface area contributed by atoms with Gasteiger partial charge in [-0.1, -0.05) is 0 Å². The van der Waals surface area contributed by atoms with Crippen molar-refractivity contribution < 1.29 is 24.0 Å². The molecule has 0 fully saturated rings. The summed E-state index contributed by atoms with van der Waals surface area (Å²) in [5.41, 5.74) is 16.1. The number of nitrogens with two attached hydrogens (primary N) is 3. The Balaban J connectivity index is 4.98. The number of rotatable bonds is 16. The van der Waals surface area contributed by atoms with Crippen LogP contribution in [0, 0.1) is 0 Å². The SMILES string of the molecule is CC(=O)NCCCC[C@@H](C=O)NC(=O)[C@H](CCCN=C(N)N)NC(=O)[C@H](C)NC(=O)[C@H](C)N. The van der Waals surface area contributed by atoms with Crippen molar-refractivity contribution in [2.75, 3.05) is 13.1 Å². The van der Waals surface area contributed by atoms with E-state index in [-0.39, 0.29) is 24.8 Å². The lowest BCUT2D eigenvalue weighted by Gasteiger charge is -2.23. The maximum absolute atomic E-state index is 12.8. The lowest BCUT2D eigenvalue weighted by molar-refractivity contribution is -0.132. The van der Waals surface area contributed by atoms with Gasteiger partial charge in [0.1, 0.15) is 18.4 Å². The van der Waals surface area contributed by atoms with Gasteiger partial charge >= 0.3 is 0 Å². The number of carbonyl (C=O) groups is 5. The fourth-order valence-corrected chi connectivity index (χ4v) is 2.69. The fourth-order valence-electron chi connectivity index (χ4n) is 2.69. The van der Waals surface area contributed by atoms with Gasteiger partial charge in [-0.2, -0.15) is 0 Å². The molecule has 0 aliphatic heterocycles. The van der Waals surface area contributed by atoms with E-state index in [0.29, 0.717) is 38.5 Å². The largest absolute Gasteiger partial charge is 0.370 e. The van der Waals surface area contributed by atoms with Gasteiger partial charge < -0.3 is 43.3 Å². The topological polar surface area (TPSA) is 224 Å². The van der Waals surface area contributed by atoms with Gasteiger partial charge in [-0.3, -0.25) is 24.2 Å². The van der Waals surface area contributed by atoms with Gasteiger partial charge in [-0.25, -0.2) is 0 Å². The molecule has 0 saturated heterocycles. The number of guanidine groups is 1. The van der Waals surface area contributed by atoms with Crippen molar-refractivity contribution in [1.29, 1.82) is 0 Å². The highest BCUT2D eigenvalue weighted by Crippen LogP contribution is 2.04. The second kappa shape index (κ2) is 16.4. The number of nitrogens with one attached hydrogen (secondary N) is 4. The Hall–Kier alpha value is -3.22. The monoisotopic (exact) mass is 470 g/mol. The summed E-state index contributed by atoms with van der Waals surface area (Å²) in [6.45, 7) is 5.09. The van der Waals surface area contributed by atoms with E-state index in [1.807, 2.05) is 0 Å². The van der Waals surface area contributed by atoms with Crippen LogP contribution in [0.5, 0.6) is 0 Å². The third-order valence-corrected chi connectivity index (χ3v) is 4.55. The zero-order valence-corrected chi connectivity index (χ0v) is 19.6. The zero-order chi connectivity index (χ0) is 25.4. The molecule has 0 aliphatic carbocycles. The van der Waals surface area contributed by atoms with Gasteiger partial charge in [0.15, 0.2) is 5.96 Å². The van der Waals surface area contributed by atoms with Crippen LogP contribution in [0.25, 0.3) is 0 Å². The lowest BCUT2D eigenvalue weighted by atomic mass is 10.1. The van der Waals surface area contributed by atoms with Crippen LogP contribution < -0.4 is 38.5 Å². The van der Waals surface area contributed by atoms with Crippen molar-refractivity contribution >= 4 is 35.9 Å². The molecule has 0 heterocycles. The predicted octanol–water partition coefficient (Wildman–Crippen LogP) is -2.63. The van der Waals surface area contributed by atoms with Crippen molar-refractivity contribution in [1.82, 2.24) is 21.3 Å². The summed E-state index contributed by atoms with van der Waals surface area (Å²) < 4.78 is 0. The maximum Gasteiger partial charge on any atom is 0.243 e. The van der Waals surface area contributed by atoms with E-state index < -0.39 is 41.9 Å². The Morgan fingerprint density at radius 1 is 0.909 bits per heavy atom. The van der Waals surface area contributed by atoms with Crippen molar-refractivity contribution in [3.05, 3.63) is 0 Å². The molecule has 0 radical (unpaired) electrons. The quantitative estimate of drug-likeness (QED) is 0.0545. The van der Waals surface area contributed by atoms with E-state index in [1.165, 1.54) is 20.8 Å². The van der Waals surface area contributed by atoms with Gasteiger partial charge in [0, 0.05) is 20.0 Å². The molecule has 188 valence electrons. The first-order valence-electron chi connectivity index (χ1n) is 10.9. The van der Waals surface area contributed by atoms with Crippen LogP contribution in [0.15, 0.2) is 4.99 Å². The smallest absolute Gasteiger partial charge is 0.243 e. The molecule has 0 aromatic rings.